The van der Waals surface area contributed by atoms with Crippen LogP contribution in [0.5, 0.6) is 46.0 Å². The quantitative estimate of drug-likeness (QED) is 0.0596. The van der Waals surface area contributed by atoms with Crippen LogP contribution in [0.4, 0.5) is 13.2 Å². The number of hydrogen-bond donors (Lipinski definition) is 19. The van der Waals surface area contributed by atoms with E-state index in [0.717, 1.165) is 84.4 Å². The number of carboxylic acids is 1. The number of phenolic OH excluding ortho intramolecular Hbond substituents is 3. The molecule has 620 valence electrons. The number of amides is 7. The number of likely N-dealkylation sites (N-methyl/N-ethyl adjacent to an activating group) is 1. The number of carbonyl (C=O) groups excluding carboxylic acids is 7. The number of nitrogens with two attached hydrogens (primary N) is 1. The first-order valence-electron chi connectivity index (χ1n) is 37.0. The number of halogens is 5. The van der Waals surface area contributed by atoms with Crippen molar-refractivity contribution in [3.63, 3.8) is 0 Å². The molecule has 0 radical (unpaired) electrons. The number of ether oxygens (including phenoxy) is 5. The van der Waals surface area contributed by atoms with Crippen molar-refractivity contribution in [2.24, 2.45) is 23.5 Å². The third-order valence-corrected chi connectivity index (χ3v) is 22.5. The molecule has 117 heavy (non-hydrogen) atoms. The fourth-order valence-corrected chi connectivity index (χ4v) is 16.3. The summed E-state index contributed by atoms with van der Waals surface area (Å²) < 4.78 is 73.5. The SMILES string of the molecule is CN[C@H](CC(C)C)C(=O)N[C@H]1C(=O)N[C@@H](CC(N)=O)C(=O)N[C@H]2C(=O)N[C@@H]3C(=O)N[C@H](C(=O)N[C@H](C(=O)O)c4cc(O)cc(O)c4-c4cc3ccc4O)[C@H](O)c3ccc(c(Cl)c3)Oc3cc2cc(c3OC2O[C@H](CO)C(O)C(O)[C@H]2O[C@H]2CC3(NCc4ccc(-c5ccc(C(F)(F)F)cc5)cc4)C2[C@@H](C)[C@@H]3O)Oc2ccc(cc2Cl)[C@H]1O. The van der Waals surface area contributed by atoms with Crippen LogP contribution in [0.3, 0.4) is 0 Å². The second-order valence-electron chi connectivity index (χ2n) is 30.0. The monoisotopic (exact) mass is 1660 g/mol. The Bertz CT molecular complexity index is 5050. The van der Waals surface area contributed by atoms with Gasteiger partial charge in [-0.1, -0.05) is 98.6 Å². The molecule has 20 N–H and O–H groups in total. The molecule has 7 aromatic carbocycles. The number of alkyl halides is 3. The lowest BCUT2D eigenvalue weighted by atomic mass is 9.44. The Balaban J connectivity index is 0.961. The van der Waals surface area contributed by atoms with Crippen molar-refractivity contribution in [3.8, 4) is 68.2 Å². The number of carbonyl (C=O) groups is 8. The predicted molar refractivity (Wildman–Crippen MR) is 405 cm³/mol. The summed E-state index contributed by atoms with van der Waals surface area (Å²) in [6, 6.07) is 10.8. The molecule has 19 atom stereocenters. The maximum Gasteiger partial charge on any atom is 0.416 e. The van der Waals surface area contributed by atoms with Gasteiger partial charge in [-0.15, -0.1) is 0 Å². The molecule has 2 aliphatic carbocycles. The van der Waals surface area contributed by atoms with E-state index in [4.69, 9.17) is 52.6 Å². The summed E-state index contributed by atoms with van der Waals surface area (Å²) in [5.41, 5.74) is 2.89. The number of aromatic hydroxyl groups is 3. The molecule has 0 spiro atoms. The standard InChI is InChI=1S/C80H82Cl2F3N9O23/c1-31(2)19-46(87-4)71(105)93-62-64(100)37-12-17-50(44(81)21-37)113-52-23-39-24-53(68(52)117-78-69(67(103)66(102)55(30-95)116-78)115-54-28-79(58(54)32(3)70(79)104)88-29-33-5-7-34(8-6-33)35-9-14-40(15-10-35)80(83,84)85)114-51-18-13-38(22-45(51)82)65(101)63-76(110)92-61(77(111)112)43-25-41(96)26-49(98)57(43)42-20-36(11-16-48(42)97)59(73(107)94-63)91-74(108)60(39)90-72(106)47(27-56(86)99)89-75(62)109/h5-18,20-26,31-32,46-47,54-55,58-67,69-70,78,87-88,95-98,100-104H,19,27-30H2,1-4H3,(H2,86,99)(H,89,109)(H,90,106)(H,91,108)(H,92,110)(H,93,105)(H,94,107)(H,111,112)/t32-,46-,47+,54+,55-,58?,59+,60-,61+,62-,63+,64-,65-,66?,67?,69-,70+,78?,79?/m1/s1. The Kier molecular flexibility index (Phi) is 24.1. The molecule has 6 heterocycles. The number of phenols is 3. The summed E-state index contributed by atoms with van der Waals surface area (Å²) in [5, 5.41) is 136. The average molecular weight is 1670 g/mol. The smallest absolute Gasteiger partial charge is 0.416 e. The molecule has 8 aliphatic rings. The first kappa shape index (κ1) is 84.0. The summed E-state index contributed by atoms with van der Waals surface area (Å²) in [7, 11) is 1.47. The molecule has 6 aliphatic heterocycles. The van der Waals surface area contributed by atoms with Crippen LogP contribution in [0.15, 0.2) is 127 Å². The van der Waals surface area contributed by atoms with E-state index >= 15 is 14.4 Å². The van der Waals surface area contributed by atoms with E-state index in [1.807, 2.05) is 13.8 Å². The van der Waals surface area contributed by atoms with Gasteiger partial charge in [0.05, 0.1) is 52.4 Å². The van der Waals surface area contributed by atoms with E-state index in [-0.39, 0.29) is 52.8 Å². The molecule has 32 nitrogen and oxygen atoms in total. The molecule has 5 unspecified atom stereocenters. The minimum atomic E-state index is -4.53. The molecular weight excluding hydrogens is 1580 g/mol. The highest BCUT2D eigenvalue weighted by atomic mass is 35.5. The van der Waals surface area contributed by atoms with E-state index in [1.165, 1.54) is 31.3 Å². The topological polar surface area (TPSA) is 507 Å². The minimum Gasteiger partial charge on any atom is -0.508 e. The molecule has 2 saturated carbocycles. The molecule has 3 fully saturated rings. The molecule has 11 bridgehead atoms. The number of carboxylic acid groups (broad SMARTS) is 1. The van der Waals surface area contributed by atoms with Gasteiger partial charge in [0.25, 0.3) is 0 Å². The van der Waals surface area contributed by atoms with Gasteiger partial charge in [-0.3, -0.25) is 33.6 Å². The van der Waals surface area contributed by atoms with Gasteiger partial charge in [-0.05, 0) is 137 Å². The summed E-state index contributed by atoms with van der Waals surface area (Å²) >= 11 is 14.3. The zero-order valence-electron chi connectivity index (χ0n) is 62.4. The first-order valence-corrected chi connectivity index (χ1v) is 37.7. The largest absolute Gasteiger partial charge is 0.508 e. The van der Waals surface area contributed by atoms with E-state index in [9.17, 15) is 88.2 Å². The number of rotatable bonds is 17. The summed E-state index contributed by atoms with van der Waals surface area (Å²) in [6.07, 6.45) is -21.0. The molecule has 1 saturated heterocycles. The Labute approximate surface area is 673 Å². The second-order valence-corrected chi connectivity index (χ2v) is 30.8. The molecule has 7 aromatic rings. The van der Waals surface area contributed by atoms with Gasteiger partial charge in [-0.25, -0.2) is 4.79 Å². The van der Waals surface area contributed by atoms with E-state index in [2.05, 4.69) is 42.5 Å². The lowest BCUT2D eigenvalue weighted by molar-refractivity contribution is -0.333. The number of aliphatic hydroxyl groups is 6. The van der Waals surface area contributed by atoms with Crippen LogP contribution < -0.4 is 62.5 Å². The highest BCUT2D eigenvalue weighted by Gasteiger charge is 2.71. The average Bonchev–Trinajstić information content (AvgIpc) is 0.681. The summed E-state index contributed by atoms with van der Waals surface area (Å²) in [4.78, 5) is 118. The number of aliphatic hydroxyl groups excluding tert-OH is 6. The zero-order chi connectivity index (χ0) is 84.3. The van der Waals surface area contributed by atoms with E-state index in [0.29, 0.717) is 11.1 Å². The zero-order valence-corrected chi connectivity index (χ0v) is 63.9. The van der Waals surface area contributed by atoms with Gasteiger partial charge < -0.3 is 123 Å². The van der Waals surface area contributed by atoms with Gasteiger partial charge in [0.2, 0.25) is 53.4 Å². The van der Waals surface area contributed by atoms with Crippen LogP contribution in [0.1, 0.15) is 109 Å². The van der Waals surface area contributed by atoms with Crippen LogP contribution in [0.2, 0.25) is 10.0 Å². The van der Waals surface area contributed by atoms with Crippen molar-refractivity contribution in [2.45, 2.75) is 156 Å². The Hall–Kier alpha value is -10.9. The molecular formula is C80H82Cl2F3N9O23. The molecule has 15 rings (SSSR count). The van der Waals surface area contributed by atoms with Crippen LogP contribution in [-0.2, 0) is 60.6 Å². The van der Waals surface area contributed by atoms with Crippen LogP contribution in [0, 0.1) is 17.8 Å². The number of primary amides is 1. The Morgan fingerprint density at radius 2 is 1.28 bits per heavy atom. The van der Waals surface area contributed by atoms with Gasteiger partial charge in [0, 0.05) is 35.2 Å². The van der Waals surface area contributed by atoms with Gasteiger partial charge in [-0.2, -0.15) is 13.2 Å². The van der Waals surface area contributed by atoms with E-state index in [1.54, 1.807) is 31.2 Å². The third-order valence-electron chi connectivity index (χ3n) is 21.9. The second kappa shape index (κ2) is 33.6. The fourth-order valence-electron chi connectivity index (χ4n) is 15.9. The lowest BCUT2D eigenvalue weighted by Crippen LogP contribution is -2.83. The molecule has 0 aromatic heterocycles. The van der Waals surface area contributed by atoms with Crippen molar-refractivity contribution in [1.82, 2.24) is 42.5 Å². The predicted octanol–water partition coefficient (Wildman–Crippen LogP) is 4.51. The summed E-state index contributed by atoms with van der Waals surface area (Å²) in [5.74, 6) is -17.2. The van der Waals surface area contributed by atoms with Crippen LogP contribution >= 0.6 is 23.2 Å². The van der Waals surface area contributed by atoms with Crippen molar-refractivity contribution >= 4 is 70.5 Å². The van der Waals surface area contributed by atoms with Crippen LogP contribution in [-0.4, -0.2) is 185 Å². The van der Waals surface area contributed by atoms with Crippen molar-refractivity contribution in [3.05, 3.63) is 176 Å². The van der Waals surface area contributed by atoms with Gasteiger partial charge >= 0.3 is 12.1 Å². The number of fused-ring (bicyclic) bond motifs is 16. The van der Waals surface area contributed by atoms with Crippen molar-refractivity contribution in [2.75, 3.05) is 13.7 Å². The number of nitrogens with one attached hydrogen (secondary N) is 8. The minimum absolute atomic E-state index is 0.0422. The maximum absolute atomic E-state index is 16.2. The number of aliphatic carboxylic acids is 1. The Morgan fingerprint density at radius 1 is 0.684 bits per heavy atom. The molecule has 7 amide bonds. The Morgan fingerprint density at radius 3 is 1.87 bits per heavy atom. The maximum atomic E-state index is 16.2. The van der Waals surface area contributed by atoms with Crippen molar-refractivity contribution < 1.29 is 126 Å². The fraction of sp³-hybridized carbons (Fsp3) is 0.375. The summed E-state index contributed by atoms with van der Waals surface area (Å²) in [6.45, 7) is 4.56. The third kappa shape index (κ3) is 16.9. The lowest BCUT2D eigenvalue weighted by Gasteiger charge is -2.69. The highest BCUT2D eigenvalue weighted by Crippen LogP contribution is 2.60. The number of benzene rings is 7. The van der Waals surface area contributed by atoms with Gasteiger partial charge in [0.1, 0.15) is 95.6 Å². The van der Waals surface area contributed by atoms with E-state index < -0.39 is 254 Å². The van der Waals surface area contributed by atoms with Crippen molar-refractivity contribution in [1.29, 1.82) is 0 Å². The van der Waals surface area contributed by atoms with Crippen LogP contribution in [0.25, 0.3) is 22.3 Å². The highest BCUT2D eigenvalue weighted by molar-refractivity contribution is 6.32. The van der Waals surface area contributed by atoms with Gasteiger partial charge in [0.15, 0.2) is 17.5 Å². The number of hydrogen-bond acceptors (Lipinski definition) is 24. The molecule has 37 heteroatoms. The first-order chi connectivity index (χ1) is 55.4. The normalized spacial score (nSPS) is 27.9.